The third-order valence-electron chi connectivity index (χ3n) is 5.14. The third-order valence-corrected chi connectivity index (χ3v) is 5.14. The van der Waals surface area contributed by atoms with Crippen molar-refractivity contribution < 1.29 is 24.0 Å². The largest absolute Gasteiger partial charge is 0.490 e. The van der Waals surface area contributed by atoms with Gasteiger partial charge in [-0.2, -0.15) is 0 Å². The van der Waals surface area contributed by atoms with Crippen LogP contribution >= 0.6 is 0 Å². The molecule has 2 rings (SSSR count). The van der Waals surface area contributed by atoms with E-state index >= 15 is 0 Å². The second-order valence-corrected chi connectivity index (χ2v) is 7.71. The van der Waals surface area contributed by atoms with E-state index in [2.05, 4.69) is 5.32 Å². The predicted octanol–water partition coefficient (Wildman–Crippen LogP) is 3.62. The van der Waals surface area contributed by atoms with E-state index in [1.807, 2.05) is 38.1 Å². The number of nitrogens with one attached hydrogen (secondary N) is 1. The molecule has 2 aromatic rings. The molecule has 33 heavy (non-hydrogen) atoms. The molecule has 0 saturated carbocycles. The van der Waals surface area contributed by atoms with Gasteiger partial charge in [-0.3, -0.25) is 19.7 Å². The van der Waals surface area contributed by atoms with Crippen LogP contribution in [0.1, 0.15) is 37.8 Å². The maximum Gasteiger partial charge on any atom is 0.311 e. The lowest BCUT2D eigenvalue weighted by Crippen LogP contribution is -2.49. The zero-order chi connectivity index (χ0) is 24.4. The summed E-state index contributed by atoms with van der Waals surface area (Å²) in [6.45, 7) is 6.14. The van der Waals surface area contributed by atoms with Gasteiger partial charge >= 0.3 is 5.69 Å². The van der Waals surface area contributed by atoms with Crippen molar-refractivity contribution in [2.75, 3.05) is 20.3 Å². The van der Waals surface area contributed by atoms with Gasteiger partial charge in [0.2, 0.25) is 11.7 Å². The van der Waals surface area contributed by atoms with Crippen molar-refractivity contribution in [3.05, 3.63) is 63.7 Å². The average Bonchev–Trinajstić information content (AvgIpc) is 2.80. The maximum atomic E-state index is 13.1. The number of rotatable bonds is 12. The van der Waals surface area contributed by atoms with Crippen molar-refractivity contribution >= 4 is 17.5 Å². The van der Waals surface area contributed by atoms with Crippen LogP contribution in [0, 0.1) is 17.0 Å². The number of nitro groups is 1. The fourth-order valence-electron chi connectivity index (χ4n) is 3.25. The Kier molecular flexibility index (Phi) is 9.65. The fraction of sp³-hybridized carbons (Fsp3) is 0.417. The molecule has 0 aliphatic carbocycles. The molecule has 0 saturated heterocycles. The Labute approximate surface area is 193 Å². The Balaban J connectivity index is 2.16. The summed E-state index contributed by atoms with van der Waals surface area (Å²) in [4.78, 5) is 37.7. The number of amides is 2. The van der Waals surface area contributed by atoms with Crippen LogP contribution in [0.15, 0.2) is 42.5 Å². The molecule has 0 spiro atoms. The van der Waals surface area contributed by atoms with Gasteiger partial charge in [0.15, 0.2) is 6.61 Å². The number of nitrogens with zero attached hydrogens (tertiary/aromatic N) is 2. The van der Waals surface area contributed by atoms with Crippen molar-refractivity contribution in [2.45, 2.75) is 46.2 Å². The summed E-state index contributed by atoms with van der Waals surface area (Å²) in [5, 5.41) is 13.9. The standard InChI is InChI=1S/C24H31N3O6/c1-5-6-12-25-24(29)18(3)26(15-19-9-7-8-17(2)13-19)23(28)16-33-20-10-11-21(27(30)31)22(14-20)32-4/h7-11,13-14,18H,5-6,12,15-16H2,1-4H3,(H,25,29). The van der Waals surface area contributed by atoms with E-state index in [0.29, 0.717) is 6.54 Å². The molecule has 0 heterocycles. The molecular formula is C24H31N3O6. The van der Waals surface area contributed by atoms with Crippen molar-refractivity contribution in [2.24, 2.45) is 0 Å². The summed E-state index contributed by atoms with van der Waals surface area (Å²) in [7, 11) is 1.32. The topological polar surface area (TPSA) is 111 Å². The normalized spacial score (nSPS) is 11.4. The van der Waals surface area contributed by atoms with Gasteiger partial charge in [0.05, 0.1) is 12.0 Å². The van der Waals surface area contributed by atoms with E-state index in [4.69, 9.17) is 9.47 Å². The lowest BCUT2D eigenvalue weighted by Gasteiger charge is -2.29. The zero-order valence-electron chi connectivity index (χ0n) is 19.5. The summed E-state index contributed by atoms with van der Waals surface area (Å²) in [6, 6.07) is 11.0. The number of methoxy groups -OCH3 is 1. The maximum absolute atomic E-state index is 13.1. The van der Waals surface area contributed by atoms with Gasteiger partial charge in [-0.15, -0.1) is 0 Å². The average molecular weight is 458 g/mol. The summed E-state index contributed by atoms with van der Waals surface area (Å²) in [5.41, 5.74) is 1.75. The number of carbonyl (C=O) groups is 2. The quantitative estimate of drug-likeness (QED) is 0.296. The molecule has 2 aromatic carbocycles. The predicted molar refractivity (Wildman–Crippen MR) is 124 cm³/mol. The van der Waals surface area contributed by atoms with Gasteiger partial charge in [0.25, 0.3) is 5.91 Å². The number of hydrogen-bond donors (Lipinski definition) is 1. The van der Waals surface area contributed by atoms with Crippen LogP contribution in [-0.2, 0) is 16.1 Å². The Morgan fingerprint density at radius 2 is 1.97 bits per heavy atom. The van der Waals surface area contributed by atoms with Crippen LogP contribution in [0.25, 0.3) is 0 Å². The molecule has 0 fully saturated rings. The summed E-state index contributed by atoms with van der Waals surface area (Å²) < 4.78 is 10.6. The fourth-order valence-corrected chi connectivity index (χ4v) is 3.25. The number of aryl methyl sites for hydroxylation is 1. The van der Waals surface area contributed by atoms with Crippen molar-refractivity contribution in [3.8, 4) is 11.5 Å². The number of hydrogen-bond acceptors (Lipinski definition) is 6. The second kappa shape index (κ2) is 12.4. The molecule has 0 radical (unpaired) electrons. The van der Waals surface area contributed by atoms with Crippen LogP contribution in [0.4, 0.5) is 5.69 Å². The van der Waals surface area contributed by atoms with Crippen molar-refractivity contribution in [1.82, 2.24) is 10.2 Å². The summed E-state index contributed by atoms with van der Waals surface area (Å²) >= 11 is 0. The minimum Gasteiger partial charge on any atom is -0.490 e. The minimum absolute atomic E-state index is 0.0326. The van der Waals surface area contributed by atoms with Gasteiger partial charge in [0, 0.05) is 25.2 Å². The molecule has 0 bridgehead atoms. The SMILES string of the molecule is CCCCNC(=O)C(C)N(Cc1cccc(C)c1)C(=O)COc1ccc([N+](=O)[O-])c(OC)c1. The molecule has 9 heteroatoms. The number of benzene rings is 2. The first-order chi connectivity index (χ1) is 15.8. The minimum atomic E-state index is -0.704. The lowest BCUT2D eigenvalue weighted by atomic mass is 10.1. The number of nitro benzene ring substituents is 1. The molecule has 9 nitrogen and oxygen atoms in total. The number of ether oxygens (including phenoxy) is 2. The molecule has 1 N–H and O–H groups in total. The van der Waals surface area contributed by atoms with Crippen LogP contribution in [0.2, 0.25) is 0 Å². The van der Waals surface area contributed by atoms with Crippen molar-refractivity contribution in [3.63, 3.8) is 0 Å². The Bertz CT molecular complexity index is 978. The molecule has 0 aromatic heterocycles. The highest BCUT2D eigenvalue weighted by Crippen LogP contribution is 2.30. The molecule has 178 valence electrons. The van der Waals surface area contributed by atoms with Crippen LogP contribution in [0.5, 0.6) is 11.5 Å². The van der Waals surface area contributed by atoms with E-state index in [0.717, 1.165) is 24.0 Å². The van der Waals surface area contributed by atoms with Gasteiger partial charge in [-0.05, 0) is 31.9 Å². The van der Waals surface area contributed by atoms with Crippen molar-refractivity contribution in [1.29, 1.82) is 0 Å². The van der Waals surface area contributed by atoms with E-state index < -0.39 is 11.0 Å². The smallest absolute Gasteiger partial charge is 0.311 e. The number of unbranched alkanes of at least 4 members (excludes halogenated alkanes) is 1. The van der Waals surface area contributed by atoms with Crippen LogP contribution in [0.3, 0.4) is 0 Å². The molecule has 1 unspecified atom stereocenters. The Hall–Kier alpha value is -3.62. The molecule has 0 aliphatic rings. The Morgan fingerprint density at radius 1 is 1.21 bits per heavy atom. The molecule has 1 atom stereocenters. The van der Waals surface area contributed by atoms with E-state index in [-0.39, 0.29) is 42.2 Å². The highest BCUT2D eigenvalue weighted by Gasteiger charge is 2.26. The van der Waals surface area contributed by atoms with E-state index in [9.17, 15) is 19.7 Å². The summed E-state index contributed by atoms with van der Waals surface area (Å²) in [5.74, 6) is -0.333. The van der Waals surface area contributed by atoms with E-state index in [1.165, 1.54) is 30.2 Å². The first kappa shape index (κ1) is 25.6. The van der Waals surface area contributed by atoms with E-state index in [1.54, 1.807) is 6.92 Å². The summed E-state index contributed by atoms with van der Waals surface area (Å²) in [6.07, 6.45) is 1.81. The van der Waals surface area contributed by atoms with Gasteiger partial charge < -0.3 is 19.7 Å². The molecular weight excluding hydrogens is 426 g/mol. The zero-order valence-corrected chi connectivity index (χ0v) is 19.5. The highest BCUT2D eigenvalue weighted by molar-refractivity contribution is 5.88. The van der Waals surface area contributed by atoms with Gasteiger partial charge in [-0.1, -0.05) is 43.2 Å². The highest BCUT2D eigenvalue weighted by atomic mass is 16.6. The lowest BCUT2D eigenvalue weighted by molar-refractivity contribution is -0.385. The molecule has 0 aliphatic heterocycles. The van der Waals surface area contributed by atoms with Gasteiger partial charge in [-0.25, -0.2) is 0 Å². The first-order valence-electron chi connectivity index (χ1n) is 10.8. The second-order valence-electron chi connectivity index (χ2n) is 7.71. The monoisotopic (exact) mass is 457 g/mol. The first-order valence-corrected chi connectivity index (χ1v) is 10.8. The van der Waals surface area contributed by atoms with Crippen LogP contribution in [-0.4, -0.2) is 47.9 Å². The molecule has 2 amide bonds. The Morgan fingerprint density at radius 3 is 2.61 bits per heavy atom. The van der Waals surface area contributed by atoms with Crippen LogP contribution < -0.4 is 14.8 Å². The van der Waals surface area contributed by atoms with Gasteiger partial charge in [0.1, 0.15) is 11.8 Å². The number of carbonyl (C=O) groups excluding carboxylic acids is 2. The third kappa shape index (κ3) is 7.48.